The van der Waals surface area contributed by atoms with E-state index in [4.69, 9.17) is 21.2 Å². The van der Waals surface area contributed by atoms with E-state index in [-0.39, 0.29) is 16.5 Å². The third-order valence-corrected chi connectivity index (χ3v) is 2.59. The summed E-state index contributed by atoms with van der Waals surface area (Å²) in [5, 5.41) is 21.7. The van der Waals surface area contributed by atoms with Crippen LogP contribution in [0.4, 0.5) is 0 Å². The number of benzene rings is 1. The lowest BCUT2D eigenvalue weighted by Crippen LogP contribution is -1.94. The average molecular weight is 254 g/mol. The monoisotopic (exact) mass is 253 g/mol. The molecule has 0 aliphatic carbocycles. The molecule has 1 aromatic heterocycles. The van der Waals surface area contributed by atoms with Crippen molar-refractivity contribution in [3.63, 3.8) is 0 Å². The number of aromatic hydroxyl groups is 1. The van der Waals surface area contributed by atoms with Crippen LogP contribution in [0.5, 0.6) is 5.75 Å². The van der Waals surface area contributed by atoms with Gasteiger partial charge >= 0.3 is 5.97 Å². The molecular formula is C11H8ClNO4. The Morgan fingerprint density at radius 3 is 2.71 bits per heavy atom. The maximum absolute atomic E-state index is 10.7. The number of aryl methyl sites for hydroxylation is 1. The summed E-state index contributed by atoms with van der Waals surface area (Å²) in [7, 11) is 0. The van der Waals surface area contributed by atoms with Gasteiger partial charge in [-0.15, -0.1) is 0 Å². The van der Waals surface area contributed by atoms with Gasteiger partial charge < -0.3 is 14.7 Å². The Bertz CT molecular complexity index is 591. The van der Waals surface area contributed by atoms with E-state index in [9.17, 15) is 9.90 Å². The number of carboxylic acid groups (broad SMARTS) is 1. The molecule has 0 amide bonds. The predicted molar refractivity (Wildman–Crippen MR) is 60.3 cm³/mol. The van der Waals surface area contributed by atoms with Crippen LogP contribution in [0.1, 0.15) is 16.1 Å². The number of rotatable bonds is 2. The van der Waals surface area contributed by atoms with E-state index in [2.05, 4.69) is 5.16 Å². The summed E-state index contributed by atoms with van der Waals surface area (Å²) >= 11 is 5.78. The summed E-state index contributed by atoms with van der Waals surface area (Å²) in [5.74, 6) is -0.907. The molecule has 0 aliphatic rings. The van der Waals surface area contributed by atoms with Crippen molar-refractivity contribution in [3.8, 4) is 17.1 Å². The smallest absolute Gasteiger partial charge is 0.358 e. The van der Waals surface area contributed by atoms with Gasteiger partial charge in [0.25, 0.3) is 0 Å². The summed E-state index contributed by atoms with van der Waals surface area (Å²) in [4.78, 5) is 10.7. The zero-order chi connectivity index (χ0) is 12.6. The van der Waals surface area contributed by atoms with Gasteiger partial charge in [0.05, 0.1) is 5.02 Å². The van der Waals surface area contributed by atoms with Gasteiger partial charge in [0.2, 0.25) is 0 Å². The summed E-state index contributed by atoms with van der Waals surface area (Å²) in [6.45, 7) is 1.74. The summed E-state index contributed by atoms with van der Waals surface area (Å²) < 4.78 is 4.92. The number of carboxylic acids is 1. The third-order valence-electron chi connectivity index (χ3n) is 2.29. The second kappa shape index (κ2) is 4.10. The number of halogens is 1. The second-order valence-electron chi connectivity index (χ2n) is 3.50. The zero-order valence-corrected chi connectivity index (χ0v) is 9.52. The molecule has 2 rings (SSSR count). The number of aromatic nitrogens is 1. The van der Waals surface area contributed by atoms with Crippen molar-refractivity contribution < 1.29 is 19.5 Å². The van der Waals surface area contributed by atoms with Crippen LogP contribution in [0.2, 0.25) is 5.02 Å². The first-order valence-electron chi connectivity index (χ1n) is 4.68. The second-order valence-corrected chi connectivity index (χ2v) is 3.91. The molecular weight excluding hydrogens is 246 g/mol. The predicted octanol–water partition coefficient (Wildman–Crippen LogP) is 2.71. The maximum atomic E-state index is 10.7. The van der Waals surface area contributed by atoms with Gasteiger partial charge in [-0.2, -0.15) is 0 Å². The van der Waals surface area contributed by atoms with Gasteiger partial charge in [0.15, 0.2) is 11.5 Å². The Morgan fingerprint density at radius 2 is 2.12 bits per heavy atom. The highest BCUT2D eigenvalue weighted by Gasteiger charge is 2.15. The van der Waals surface area contributed by atoms with Crippen LogP contribution in [0.25, 0.3) is 11.3 Å². The molecule has 0 fully saturated rings. The standard InChI is InChI=1S/C11H8ClNO4/c1-5-2-9(14)7(12)3-6(5)10-4-8(11(15)16)13-17-10/h2-4,14H,1H3,(H,15,16). The molecule has 2 N–H and O–H groups in total. The molecule has 1 heterocycles. The van der Waals surface area contributed by atoms with Gasteiger partial charge in [-0.3, -0.25) is 0 Å². The van der Waals surface area contributed by atoms with Crippen LogP contribution < -0.4 is 0 Å². The number of phenolic OH excluding ortho intramolecular Hbond substituents is 1. The van der Waals surface area contributed by atoms with E-state index in [1.165, 1.54) is 18.2 Å². The van der Waals surface area contributed by atoms with Crippen LogP contribution in [0, 0.1) is 6.92 Å². The van der Waals surface area contributed by atoms with Crippen molar-refractivity contribution >= 4 is 17.6 Å². The molecule has 0 radical (unpaired) electrons. The fraction of sp³-hybridized carbons (Fsp3) is 0.0909. The van der Waals surface area contributed by atoms with Crippen molar-refractivity contribution in [1.29, 1.82) is 0 Å². The number of carbonyl (C=O) groups is 1. The number of phenols is 1. The van der Waals surface area contributed by atoms with Crippen LogP contribution in [-0.4, -0.2) is 21.3 Å². The molecule has 0 saturated carbocycles. The SMILES string of the molecule is Cc1cc(O)c(Cl)cc1-c1cc(C(=O)O)no1. The molecule has 88 valence electrons. The molecule has 6 heteroatoms. The largest absolute Gasteiger partial charge is 0.506 e. The fourth-order valence-corrected chi connectivity index (χ4v) is 1.60. The van der Waals surface area contributed by atoms with Crippen LogP contribution in [0.3, 0.4) is 0 Å². The Labute approximate surface area is 101 Å². The Hall–Kier alpha value is -2.01. The van der Waals surface area contributed by atoms with Gasteiger partial charge in [-0.1, -0.05) is 16.8 Å². The summed E-state index contributed by atoms with van der Waals surface area (Å²) in [6, 6.07) is 4.27. The number of aromatic carboxylic acids is 1. The van der Waals surface area contributed by atoms with Gasteiger partial charge in [-0.05, 0) is 24.6 Å². The lowest BCUT2D eigenvalue weighted by Gasteiger charge is -2.04. The van der Waals surface area contributed by atoms with Gasteiger partial charge in [-0.25, -0.2) is 4.79 Å². The highest BCUT2D eigenvalue weighted by Crippen LogP contribution is 2.32. The fourth-order valence-electron chi connectivity index (χ4n) is 1.43. The zero-order valence-electron chi connectivity index (χ0n) is 8.77. The molecule has 1 aromatic carbocycles. The first kappa shape index (κ1) is 11.5. The third kappa shape index (κ3) is 2.09. The van der Waals surface area contributed by atoms with Crippen molar-refractivity contribution in [3.05, 3.63) is 34.5 Å². The Morgan fingerprint density at radius 1 is 1.41 bits per heavy atom. The average Bonchev–Trinajstić information content (AvgIpc) is 2.72. The van der Waals surface area contributed by atoms with Crippen LogP contribution in [0.15, 0.2) is 22.7 Å². The lowest BCUT2D eigenvalue weighted by molar-refractivity contribution is 0.0686. The highest BCUT2D eigenvalue weighted by molar-refractivity contribution is 6.32. The van der Waals surface area contributed by atoms with Crippen molar-refractivity contribution in [2.45, 2.75) is 6.92 Å². The minimum absolute atomic E-state index is 0.0362. The number of hydrogen-bond acceptors (Lipinski definition) is 4. The normalized spacial score (nSPS) is 10.5. The van der Waals surface area contributed by atoms with E-state index in [1.54, 1.807) is 6.92 Å². The van der Waals surface area contributed by atoms with E-state index < -0.39 is 5.97 Å². The van der Waals surface area contributed by atoms with Gasteiger partial charge in [0, 0.05) is 11.6 Å². The first-order chi connectivity index (χ1) is 7.99. The van der Waals surface area contributed by atoms with Crippen molar-refractivity contribution in [2.24, 2.45) is 0 Å². The maximum Gasteiger partial charge on any atom is 0.358 e. The topological polar surface area (TPSA) is 83.6 Å². The summed E-state index contributed by atoms with van der Waals surface area (Å²) in [6.07, 6.45) is 0. The van der Waals surface area contributed by atoms with E-state index in [1.807, 2.05) is 0 Å². The van der Waals surface area contributed by atoms with Crippen LogP contribution >= 0.6 is 11.6 Å². The minimum atomic E-state index is -1.16. The molecule has 0 spiro atoms. The molecule has 5 nitrogen and oxygen atoms in total. The van der Waals surface area contributed by atoms with Crippen LogP contribution in [-0.2, 0) is 0 Å². The van der Waals surface area contributed by atoms with Gasteiger partial charge in [0.1, 0.15) is 5.75 Å². The highest BCUT2D eigenvalue weighted by atomic mass is 35.5. The first-order valence-corrected chi connectivity index (χ1v) is 5.06. The molecule has 0 aliphatic heterocycles. The van der Waals surface area contributed by atoms with Crippen molar-refractivity contribution in [2.75, 3.05) is 0 Å². The molecule has 0 saturated heterocycles. The number of nitrogens with zero attached hydrogens (tertiary/aromatic N) is 1. The summed E-state index contributed by atoms with van der Waals surface area (Å²) in [5.41, 5.74) is 1.12. The number of hydrogen-bond donors (Lipinski definition) is 2. The van der Waals surface area contributed by atoms with E-state index in [0.29, 0.717) is 16.9 Å². The molecule has 0 unspecified atom stereocenters. The molecule has 0 atom stereocenters. The molecule has 0 bridgehead atoms. The Kier molecular flexibility index (Phi) is 2.77. The Balaban J connectivity index is 2.52. The molecule has 2 aromatic rings. The molecule has 17 heavy (non-hydrogen) atoms. The quantitative estimate of drug-likeness (QED) is 0.860. The van der Waals surface area contributed by atoms with Crippen molar-refractivity contribution in [1.82, 2.24) is 5.16 Å². The van der Waals surface area contributed by atoms with E-state index in [0.717, 1.165) is 0 Å². The lowest BCUT2D eigenvalue weighted by atomic mass is 10.1. The van der Waals surface area contributed by atoms with E-state index >= 15 is 0 Å². The minimum Gasteiger partial charge on any atom is -0.506 e.